The van der Waals surface area contributed by atoms with Crippen LogP contribution in [-0.4, -0.2) is 6.61 Å². The minimum absolute atomic E-state index is 0.308. The van der Waals surface area contributed by atoms with Gasteiger partial charge in [0.1, 0.15) is 5.75 Å². The highest BCUT2D eigenvalue weighted by Crippen LogP contribution is 2.37. The monoisotopic (exact) mass is 273 g/mol. The predicted molar refractivity (Wildman–Crippen MR) is 77.6 cm³/mol. The zero-order valence-electron chi connectivity index (χ0n) is 10.6. The first-order chi connectivity index (χ1) is 9.34. The number of nitrogens with one attached hydrogen (secondary N) is 1. The zero-order chi connectivity index (χ0) is 13.1. The van der Waals surface area contributed by atoms with Crippen LogP contribution in [0.5, 0.6) is 5.75 Å². The molecule has 0 spiro atoms. The summed E-state index contributed by atoms with van der Waals surface area (Å²) in [5.41, 5.74) is 2.45. The lowest BCUT2D eigenvalue weighted by atomic mass is 10.0. The molecule has 1 heterocycles. The molecule has 19 heavy (non-hydrogen) atoms. The van der Waals surface area contributed by atoms with Crippen LogP contribution in [0.2, 0.25) is 5.02 Å². The van der Waals surface area contributed by atoms with E-state index in [2.05, 4.69) is 35.6 Å². The van der Waals surface area contributed by atoms with Crippen molar-refractivity contribution >= 4 is 11.6 Å². The molecule has 1 unspecified atom stereocenters. The fourth-order valence-corrected chi connectivity index (χ4v) is 2.67. The Labute approximate surface area is 118 Å². The van der Waals surface area contributed by atoms with Gasteiger partial charge in [0.25, 0.3) is 0 Å². The van der Waals surface area contributed by atoms with Crippen LogP contribution in [0, 0.1) is 0 Å². The molecule has 98 valence electrons. The first kappa shape index (κ1) is 12.5. The van der Waals surface area contributed by atoms with Crippen molar-refractivity contribution in [1.29, 1.82) is 0 Å². The van der Waals surface area contributed by atoms with Gasteiger partial charge < -0.3 is 10.1 Å². The maximum atomic E-state index is 6.17. The van der Waals surface area contributed by atoms with Crippen LogP contribution in [0.1, 0.15) is 23.6 Å². The highest BCUT2D eigenvalue weighted by molar-refractivity contribution is 6.32. The van der Waals surface area contributed by atoms with E-state index in [1.807, 2.05) is 18.2 Å². The van der Waals surface area contributed by atoms with E-state index >= 15 is 0 Å². The minimum atomic E-state index is 0.308. The van der Waals surface area contributed by atoms with Crippen LogP contribution in [-0.2, 0) is 6.54 Å². The molecular formula is C16H16ClNO. The van der Waals surface area contributed by atoms with Gasteiger partial charge in [0.05, 0.1) is 11.6 Å². The van der Waals surface area contributed by atoms with Crippen LogP contribution in [0.4, 0.5) is 0 Å². The molecule has 0 saturated carbocycles. The lowest BCUT2D eigenvalue weighted by molar-refractivity contribution is 0.252. The van der Waals surface area contributed by atoms with Gasteiger partial charge in [0.2, 0.25) is 0 Å². The van der Waals surface area contributed by atoms with Crippen molar-refractivity contribution in [2.24, 2.45) is 0 Å². The highest BCUT2D eigenvalue weighted by Gasteiger charge is 2.22. The molecule has 0 saturated heterocycles. The second-order valence-electron chi connectivity index (χ2n) is 4.71. The van der Waals surface area contributed by atoms with Crippen molar-refractivity contribution in [3.63, 3.8) is 0 Å². The fraction of sp³-hybridized carbons (Fsp3) is 0.250. The van der Waals surface area contributed by atoms with Gasteiger partial charge in [-0.2, -0.15) is 0 Å². The van der Waals surface area contributed by atoms with Gasteiger partial charge in [-0.25, -0.2) is 0 Å². The largest absolute Gasteiger partial charge is 0.492 e. The first-order valence-corrected chi connectivity index (χ1v) is 6.91. The molecule has 3 rings (SSSR count). The van der Waals surface area contributed by atoms with Gasteiger partial charge in [-0.15, -0.1) is 0 Å². The second kappa shape index (κ2) is 5.64. The summed E-state index contributed by atoms with van der Waals surface area (Å²) >= 11 is 6.17. The van der Waals surface area contributed by atoms with Gasteiger partial charge in [-0.05, 0) is 11.6 Å². The number of ether oxygens (including phenoxy) is 1. The average molecular weight is 274 g/mol. The molecule has 0 aliphatic carbocycles. The quantitative estimate of drug-likeness (QED) is 0.914. The van der Waals surface area contributed by atoms with E-state index in [1.165, 1.54) is 5.56 Å². The Morgan fingerprint density at radius 1 is 1.11 bits per heavy atom. The first-order valence-electron chi connectivity index (χ1n) is 6.53. The van der Waals surface area contributed by atoms with Crippen molar-refractivity contribution in [2.45, 2.75) is 19.0 Å². The van der Waals surface area contributed by atoms with Crippen molar-refractivity contribution in [2.75, 3.05) is 6.61 Å². The van der Waals surface area contributed by atoms with Gasteiger partial charge in [0, 0.05) is 24.6 Å². The zero-order valence-corrected chi connectivity index (χ0v) is 11.4. The third-order valence-electron chi connectivity index (χ3n) is 3.42. The smallest absolute Gasteiger partial charge is 0.142 e. The minimum Gasteiger partial charge on any atom is -0.492 e. The van der Waals surface area contributed by atoms with Gasteiger partial charge in [-0.3, -0.25) is 0 Å². The summed E-state index contributed by atoms with van der Waals surface area (Å²) in [6.07, 6.45) is 0.972. The van der Waals surface area contributed by atoms with Crippen LogP contribution in [0.15, 0.2) is 48.5 Å². The normalized spacial score (nSPS) is 17.6. The molecule has 1 aliphatic heterocycles. The molecule has 0 amide bonds. The van der Waals surface area contributed by atoms with Crippen molar-refractivity contribution < 1.29 is 4.74 Å². The van der Waals surface area contributed by atoms with Crippen molar-refractivity contribution in [1.82, 2.24) is 5.32 Å². The Hall–Kier alpha value is -1.51. The molecule has 1 N–H and O–H groups in total. The maximum absolute atomic E-state index is 6.17. The molecule has 0 fully saturated rings. The number of halogens is 1. The summed E-state index contributed by atoms with van der Waals surface area (Å²) in [6, 6.07) is 16.7. The van der Waals surface area contributed by atoms with E-state index in [0.29, 0.717) is 17.7 Å². The Bertz CT molecular complexity index is 556. The molecule has 0 radical (unpaired) electrons. The van der Waals surface area contributed by atoms with Crippen molar-refractivity contribution in [3.05, 3.63) is 64.7 Å². The van der Waals surface area contributed by atoms with E-state index in [-0.39, 0.29) is 0 Å². The highest BCUT2D eigenvalue weighted by atomic mass is 35.5. The average Bonchev–Trinajstić information content (AvgIpc) is 2.47. The second-order valence-corrected chi connectivity index (χ2v) is 5.12. The molecule has 2 aromatic rings. The number of hydrogen-bond acceptors (Lipinski definition) is 2. The van der Waals surface area contributed by atoms with Crippen LogP contribution < -0.4 is 10.1 Å². The summed E-state index contributed by atoms with van der Waals surface area (Å²) in [4.78, 5) is 0. The van der Waals surface area contributed by atoms with E-state index in [0.717, 1.165) is 24.3 Å². The molecule has 3 heteroatoms. The Morgan fingerprint density at radius 2 is 1.95 bits per heavy atom. The van der Waals surface area contributed by atoms with Crippen molar-refractivity contribution in [3.8, 4) is 5.75 Å². The van der Waals surface area contributed by atoms with Crippen LogP contribution in [0.3, 0.4) is 0 Å². The number of para-hydroxylation sites is 1. The topological polar surface area (TPSA) is 21.3 Å². The molecule has 1 aliphatic rings. The fourth-order valence-electron chi connectivity index (χ4n) is 2.44. The van der Waals surface area contributed by atoms with Crippen LogP contribution in [0.25, 0.3) is 0 Å². The summed E-state index contributed by atoms with van der Waals surface area (Å²) in [7, 11) is 0. The van der Waals surface area contributed by atoms with E-state index < -0.39 is 0 Å². The molecular weight excluding hydrogens is 258 g/mol. The predicted octanol–water partition coefficient (Wildman–Crippen LogP) is 3.95. The van der Waals surface area contributed by atoms with Gasteiger partial charge in [-0.1, -0.05) is 54.1 Å². The third-order valence-corrected chi connectivity index (χ3v) is 3.72. The van der Waals surface area contributed by atoms with Crippen LogP contribution >= 0.6 is 11.6 Å². The van der Waals surface area contributed by atoms with Gasteiger partial charge >= 0.3 is 0 Å². The number of fused-ring (bicyclic) bond motifs is 1. The molecule has 0 aromatic heterocycles. The molecule has 1 atom stereocenters. The van der Waals surface area contributed by atoms with E-state index in [9.17, 15) is 0 Å². The lowest BCUT2D eigenvalue weighted by Crippen LogP contribution is -2.26. The molecule has 2 aromatic carbocycles. The van der Waals surface area contributed by atoms with E-state index in [4.69, 9.17) is 16.3 Å². The number of benzene rings is 2. The summed E-state index contributed by atoms with van der Waals surface area (Å²) in [5.74, 6) is 0.834. The Kier molecular flexibility index (Phi) is 3.72. The summed E-state index contributed by atoms with van der Waals surface area (Å²) in [5, 5.41) is 4.28. The lowest BCUT2D eigenvalue weighted by Gasteiger charge is -2.27. The third kappa shape index (κ3) is 2.75. The maximum Gasteiger partial charge on any atom is 0.142 e. The van der Waals surface area contributed by atoms with E-state index in [1.54, 1.807) is 0 Å². The summed E-state index contributed by atoms with van der Waals surface area (Å²) < 4.78 is 5.66. The molecule has 2 nitrogen and oxygen atoms in total. The SMILES string of the molecule is Clc1cccc2c1OCCC2NCc1ccccc1. The molecule has 0 bridgehead atoms. The summed E-state index contributed by atoms with van der Waals surface area (Å²) in [6.45, 7) is 1.57. The Morgan fingerprint density at radius 3 is 2.79 bits per heavy atom. The Balaban J connectivity index is 1.75. The standard InChI is InChI=1S/C16H16ClNO/c17-14-8-4-7-13-15(9-10-19-16(13)14)18-11-12-5-2-1-3-6-12/h1-8,15,18H,9-11H2. The number of hydrogen-bond donors (Lipinski definition) is 1. The van der Waals surface area contributed by atoms with Gasteiger partial charge in [0.15, 0.2) is 0 Å². The number of rotatable bonds is 3.